The topological polar surface area (TPSA) is 0 Å². The maximum absolute atomic E-state index is 2.28. The highest BCUT2D eigenvalue weighted by Crippen LogP contribution is 2.50. The average Bonchev–Trinajstić information content (AvgIpc) is 3.74. The summed E-state index contributed by atoms with van der Waals surface area (Å²) in [6.07, 6.45) is 0. The first kappa shape index (κ1) is 25.4. The van der Waals surface area contributed by atoms with Crippen LogP contribution < -0.4 is 0 Å². The van der Waals surface area contributed by atoms with Gasteiger partial charge in [0, 0.05) is 29.3 Å². The molecular formula is C36H24S4. The zero-order chi connectivity index (χ0) is 26.7. The van der Waals surface area contributed by atoms with Gasteiger partial charge in [-0.25, -0.2) is 0 Å². The number of thioether (sulfide) groups is 2. The zero-order valence-corrected chi connectivity index (χ0v) is 24.8. The molecule has 40 heavy (non-hydrogen) atoms. The van der Waals surface area contributed by atoms with Crippen molar-refractivity contribution in [2.75, 3.05) is 0 Å². The SMILES string of the molecule is C1=C(c2ccc(-c3ccc(-c4ccccc4)cc3)s2)SC(c2ccc(-c3ccc(-c4ccccc4)cc3)s2)=CS1. The van der Waals surface area contributed by atoms with Crippen molar-refractivity contribution in [2.45, 2.75) is 0 Å². The Morgan fingerprint density at radius 2 is 0.650 bits per heavy atom. The molecule has 0 aliphatic carbocycles. The summed E-state index contributed by atoms with van der Waals surface area (Å²) in [5.74, 6) is 0. The molecule has 0 bridgehead atoms. The Labute approximate surface area is 251 Å². The molecule has 0 radical (unpaired) electrons. The molecule has 4 aromatic carbocycles. The van der Waals surface area contributed by atoms with Gasteiger partial charge in [0.1, 0.15) is 0 Å². The van der Waals surface area contributed by atoms with Crippen molar-refractivity contribution in [3.8, 4) is 43.1 Å². The Kier molecular flexibility index (Phi) is 7.32. The Morgan fingerprint density at radius 1 is 0.300 bits per heavy atom. The van der Waals surface area contributed by atoms with Gasteiger partial charge in [-0.1, -0.05) is 121 Å². The van der Waals surface area contributed by atoms with Gasteiger partial charge >= 0.3 is 0 Å². The summed E-state index contributed by atoms with van der Waals surface area (Å²) in [5.41, 5.74) is 7.54. The molecule has 0 spiro atoms. The highest BCUT2D eigenvalue weighted by molar-refractivity contribution is 8.20. The fourth-order valence-electron chi connectivity index (χ4n) is 4.71. The van der Waals surface area contributed by atoms with Crippen molar-refractivity contribution in [1.29, 1.82) is 0 Å². The average molecular weight is 585 g/mol. The predicted molar refractivity (Wildman–Crippen MR) is 182 cm³/mol. The largest absolute Gasteiger partial charge is 0.135 e. The van der Waals surface area contributed by atoms with Crippen LogP contribution in [0.15, 0.2) is 144 Å². The maximum atomic E-state index is 2.28. The van der Waals surface area contributed by atoms with E-state index in [4.69, 9.17) is 0 Å². The van der Waals surface area contributed by atoms with E-state index in [1.807, 2.05) is 34.4 Å². The molecule has 0 amide bonds. The van der Waals surface area contributed by atoms with Crippen molar-refractivity contribution >= 4 is 56.0 Å². The normalized spacial score (nSPS) is 13.1. The summed E-state index contributed by atoms with van der Waals surface area (Å²) >= 11 is 7.39. The fourth-order valence-corrected chi connectivity index (χ4v) is 9.06. The Hall–Kier alpha value is -3.54. The van der Waals surface area contributed by atoms with Crippen LogP contribution in [0.4, 0.5) is 0 Å². The van der Waals surface area contributed by atoms with Crippen LogP contribution in [0, 0.1) is 0 Å². The minimum absolute atomic E-state index is 1.25. The molecule has 7 rings (SSSR count). The molecular weight excluding hydrogens is 561 g/mol. The van der Waals surface area contributed by atoms with E-state index in [2.05, 4.69) is 144 Å². The molecule has 3 heterocycles. The maximum Gasteiger partial charge on any atom is 0.0421 e. The highest BCUT2D eigenvalue weighted by Gasteiger charge is 2.17. The minimum atomic E-state index is 1.25. The van der Waals surface area contributed by atoms with Gasteiger partial charge in [-0.3, -0.25) is 0 Å². The number of thiophene rings is 2. The van der Waals surface area contributed by atoms with Crippen LogP contribution in [-0.4, -0.2) is 0 Å². The monoisotopic (exact) mass is 584 g/mol. The Morgan fingerprint density at radius 3 is 1.07 bits per heavy atom. The second-order valence-electron chi connectivity index (χ2n) is 9.42. The lowest BCUT2D eigenvalue weighted by Gasteiger charge is -2.12. The van der Waals surface area contributed by atoms with Gasteiger partial charge in [-0.2, -0.15) is 0 Å². The van der Waals surface area contributed by atoms with Crippen molar-refractivity contribution < 1.29 is 0 Å². The second kappa shape index (κ2) is 11.5. The van der Waals surface area contributed by atoms with Crippen LogP contribution in [0.1, 0.15) is 9.75 Å². The quantitative estimate of drug-likeness (QED) is 0.191. The Bertz CT molecular complexity index is 1670. The molecule has 0 nitrogen and oxygen atoms in total. The minimum Gasteiger partial charge on any atom is -0.135 e. The van der Waals surface area contributed by atoms with Crippen LogP contribution in [0.3, 0.4) is 0 Å². The summed E-state index contributed by atoms with van der Waals surface area (Å²) in [4.78, 5) is 7.88. The summed E-state index contributed by atoms with van der Waals surface area (Å²) in [6, 6.07) is 48.0. The van der Waals surface area contributed by atoms with Crippen LogP contribution in [0.25, 0.3) is 52.9 Å². The van der Waals surface area contributed by atoms with Crippen LogP contribution in [-0.2, 0) is 0 Å². The molecule has 0 fully saturated rings. The molecule has 0 N–H and O–H groups in total. The molecule has 2 aromatic heterocycles. The van der Waals surface area contributed by atoms with Crippen LogP contribution in [0.5, 0.6) is 0 Å². The van der Waals surface area contributed by atoms with Crippen molar-refractivity contribution in [1.82, 2.24) is 0 Å². The fraction of sp³-hybridized carbons (Fsp3) is 0. The molecule has 0 saturated carbocycles. The van der Waals surface area contributed by atoms with Gasteiger partial charge in [0.25, 0.3) is 0 Å². The van der Waals surface area contributed by atoms with E-state index >= 15 is 0 Å². The van der Waals surface area contributed by atoms with E-state index in [0.717, 1.165) is 0 Å². The van der Waals surface area contributed by atoms with Gasteiger partial charge in [-0.05, 0) is 68.5 Å². The summed E-state index contributed by atoms with van der Waals surface area (Å²) in [6.45, 7) is 0. The molecule has 0 atom stereocenters. The molecule has 0 unspecified atom stereocenters. The first-order chi connectivity index (χ1) is 19.8. The molecule has 6 aromatic rings. The van der Waals surface area contributed by atoms with Gasteiger partial charge in [0.2, 0.25) is 0 Å². The van der Waals surface area contributed by atoms with Crippen LogP contribution in [0.2, 0.25) is 0 Å². The van der Waals surface area contributed by atoms with Gasteiger partial charge in [0.05, 0.1) is 0 Å². The first-order valence-corrected chi connectivity index (χ1v) is 16.5. The molecule has 1 aliphatic rings. The first-order valence-electron chi connectivity index (χ1n) is 13.1. The van der Waals surface area contributed by atoms with E-state index in [0.29, 0.717) is 0 Å². The highest BCUT2D eigenvalue weighted by atomic mass is 32.2. The lowest BCUT2D eigenvalue weighted by molar-refractivity contribution is 1.62. The third-order valence-corrected chi connectivity index (χ3v) is 11.6. The van der Waals surface area contributed by atoms with E-state index in [-0.39, 0.29) is 0 Å². The van der Waals surface area contributed by atoms with Crippen molar-refractivity contribution in [3.63, 3.8) is 0 Å². The van der Waals surface area contributed by atoms with E-state index in [1.54, 1.807) is 11.8 Å². The number of hydrogen-bond acceptors (Lipinski definition) is 4. The standard InChI is InChI=1S/C36H24S4/c1-3-7-25(8-4-1)27-11-15-29(16-12-27)31-19-21-33(38-31)35-23-37-24-36(40-35)34-22-20-32(39-34)30-17-13-28(14-18-30)26-9-5-2-6-10-26/h1-24H. The smallest absolute Gasteiger partial charge is 0.0421 e. The summed E-state index contributed by atoms with van der Waals surface area (Å²) in [5, 5.41) is 4.55. The van der Waals surface area contributed by atoms with Gasteiger partial charge < -0.3 is 0 Å². The molecule has 1 aliphatic heterocycles. The van der Waals surface area contributed by atoms with Crippen molar-refractivity contribution in [3.05, 3.63) is 154 Å². The second-order valence-corrected chi connectivity index (χ2v) is 13.4. The van der Waals surface area contributed by atoms with E-state index < -0.39 is 0 Å². The molecule has 0 saturated heterocycles. The molecule has 192 valence electrons. The van der Waals surface area contributed by atoms with E-state index in [1.165, 1.54) is 62.7 Å². The third-order valence-electron chi connectivity index (χ3n) is 6.82. The van der Waals surface area contributed by atoms with Crippen LogP contribution >= 0.6 is 46.2 Å². The lowest BCUT2D eigenvalue weighted by Crippen LogP contribution is -1.80. The van der Waals surface area contributed by atoms with E-state index in [9.17, 15) is 0 Å². The molecule has 4 heteroatoms. The summed E-state index contributed by atoms with van der Waals surface area (Å²) in [7, 11) is 0. The number of hydrogen-bond donors (Lipinski definition) is 0. The van der Waals surface area contributed by atoms with Crippen molar-refractivity contribution in [2.24, 2.45) is 0 Å². The number of rotatable bonds is 6. The Balaban J connectivity index is 1.05. The van der Waals surface area contributed by atoms with Gasteiger partial charge in [-0.15, -0.1) is 34.4 Å². The number of benzene rings is 4. The zero-order valence-electron chi connectivity index (χ0n) is 21.5. The summed E-state index contributed by atoms with van der Waals surface area (Å²) < 4.78 is 0. The predicted octanol–water partition coefficient (Wildman–Crippen LogP) is 12.3. The third kappa shape index (κ3) is 5.41. The lowest BCUT2D eigenvalue weighted by atomic mass is 10.0. The van der Waals surface area contributed by atoms with Gasteiger partial charge in [0.15, 0.2) is 0 Å².